The Labute approximate surface area is 182 Å². The van der Waals surface area contributed by atoms with Gasteiger partial charge in [-0.15, -0.1) is 0 Å². The number of carbonyl (C=O) groups excluding carboxylic acids is 1. The third-order valence-electron chi connectivity index (χ3n) is 4.80. The number of nitrogens with zero attached hydrogens (tertiary/aromatic N) is 2. The lowest BCUT2D eigenvalue weighted by Gasteiger charge is -2.14. The first-order chi connectivity index (χ1) is 15.5. The van der Waals surface area contributed by atoms with E-state index >= 15 is 0 Å². The molecule has 9 nitrogen and oxygen atoms in total. The first-order valence-corrected chi connectivity index (χ1v) is 9.76. The van der Waals surface area contributed by atoms with Crippen molar-refractivity contribution < 1.29 is 14.3 Å². The molecule has 0 spiro atoms. The lowest BCUT2D eigenvalue weighted by molar-refractivity contribution is -0.116. The number of fused-ring (bicyclic) bond motifs is 1. The highest BCUT2D eigenvalue weighted by Gasteiger charge is 2.13. The Bertz CT molecular complexity index is 1380. The van der Waals surface area contributed by atoms with Gasteiger partial charge in [-0.1, -0.05) is 12.1 Å². The van der Waals surface area contributed by atoms with Crippen molar-refractivity contribution in [3.63, 3.8) is 0 Å². The summed E-state index contributed by atoms with van der Waals surface area (Å²) >= 11 is 0. The van der Waals surface area contributed by atoms with Gasteiger partial charge in [-0.3, -0.25) is 24.1 Å². The number of pyridine rings is 1. The maximum absolute atomic E-state index is 12.7. The van der Waals surface area contributed by atoms with Gasteiger partial charge in [0.25, 0.3) is 5.56 Å². The van der Waals surface area contributed by atoms with E-state index in [-0.39, 0.29) is 6.54 Å². The Morgan fingerprint density at radius 1 is 1.06 bits per heavy atom. The Kier molecular flexibility index (Phi) is 5.98. The van der Waals surface area contributed by atoms with E-state index in [4.69, 9.17) is 9.47 Å². The van der Waals surface area contributed by atoms with Crippen molar-refractivity contribution in [1.82, 2.24) is 14.5 Å². The van der Waals surface area contributed by atoms with Crippen molar-refractivity contribution in [3.8, 4) is 11.5 Å². The van der Waals surface area contributed by atoms with E-state index < -0.39 is 17.2 Å². The number of hydrogen-bond donors (Lipinski definition) is 2. The van der Waals surface area contributed by atoms with Crippen LogP contribution in [0.2, 0.25) is 0 Å². The molecule has 1 amide bonds. The third kappa shape index (κ3) is 4.51. The summed E-state index contributed by atoms with van der Waals surface area (Å²) in [4.78, 5) is 43.2. The number of hydrogen-bond acceptors (Lipinski definition) is 6. The normalized spacial score (nSPS) is 10.7. The number of carbonyl (C=O) groups is 1. The topological polar surface area (TPSA) is 115 Å². The fourth-order valence-electron chi connectivity index (χ4n) is 3.25. The van der Waals surface area contributed by atoms with Crippen LogP contribution in [0.15, 0.2) is 76.6 Å². The number of H-pyrrole nitrogens is 1. The minimum atomic E-state index is -0.653. The smallest absolute Gasteiger partial charge is 0.329 e. The summed E-state index contributed by atoms with van der Waals surface area (Å²) in [5.41, 5.74) is 0.643. The predicted molar refractivity (Wildman–Crippen MR) is 119 cm³/mol. The second kappa shape index (κ2) is 9.17. The Balaban J connectivity index is 1.53. The summed E-state index contributed by atoms with van der Waals surface area (Å²) in [6.07, 6.45) is 3.35. The van der Waals surface area contributed by atoms with Crippen LogP contribution in [0, 0.1) is 0 Å². The molecule has 2 aromatic carbocycles. The summed E-state index contributed by atoms with van der Waals surface area (Å²) in [5.74, 6) is 0.531. The number of amides is 1. The number of rotatable bonds is 7. The number of ether oxygens (including phenoxy) is 2. The highest BCUT2D eigenvalue weighted by molar-refractivity contribution is 5.92. The molecular weight excluding hydrogens is 412 g/mol. The molecule has 0 radical (unpaired) electrons. The van der Waals surface area contributed by atoms with Crippen LogP contribution in [0.1, 0.15) is 5.56 Å². The minimum absolute atomic E-state index is 0.268. The molecule has 2 aromatic heterocycles. The summed E-state index contributed by atoms with van der Waals surface area (Å²) in [7, 11) is 1.53. The summed E-state index contributed by atoms with van der Waals surface area (Å²) < 4.78 is 12.4. The molecule has 0 aliphatic rings. The highest BCUT2D eigenvalue weighted by atomic mass is 16.5. The molecule has 0 unspecified atom stereocenters. The summed E-state index contributed by atoms with van der Waals surface area (Å²) in [6.45, 7) is 0.0321. The lowest BCUT2D eigenvalue weighted by atomic mass is 10.2. The first-order valence-electron chi connectivity index (χ1n) is 9.76. The van der Waals surface area contributed by atoms with Crippen LogP contribution in [0.3, 0.4) is 0 Å². The average molecular weight is 432 g/mol. The van der Waals surface area contributed by atoms with Crippen molar-refractivity contribution in [2.45, 2.75) is 13.2 Å². The van der Waals surface area contributed by atoms with Gasteiger partial charge in [0, 0.05) is 24.1 Å². The average Bonchev–Trinajstić information content (AvgIpc) is 2.81. The molecule has 4 aromatic rings. The molecule has 4 rings (SSSR count). The zero-order chi connectivity index (χ0) is 22.5. The SMILES string of the molecule is COc1ccc(NC(=O)Cn2c(=O)[nH]c(=O)c3ccccc32)cc1OCc1ccncc1. The molecular formula is C23H20N4O5. The number of anilines is 1. The van der Waals surface area contributed by atoms with E-state index in [0.717, 1.165) is 5.56 Å². The monoisotopic (exact) mass is 432 g/mol. The minimum Gasteiger partial charge on any atom is -0.493 e. The van der Waals surface area contributed by atoms with Gasteiger partial charge in [0.1, 0.15) is 13.2 Å². The van der Waals surface area contributed by atoms with Gasteiger partial charge in [0.15, 0.2) is 11.5 Å². The summed E-state index contributed by atoms with van der Waals surface area (Å²) in [5, 5.41) is 3.08. The number of benzene rings is 2. The molecule has 162 valence electrons. The second-order valence-electron chi connectivity index (χ2n) is 6.92. The van der Waals surface area contributed by atoms with Gasteiger partial charge in [-0.2, -0.15) is 0 Å². The van der Waals surface area contributed by atoms with Crippen LogP contribution in [0.5, 0.6) is 11.5 Å². The number of aromatic amines is 1. The van der Waals surface area contributed by atoms with Crippen molar-refractivity contribution in [3.05, 3.63) is 93.4 Å². The number of aromatic nitrogens is 3. The maximum Gasteiger partial charge on any atom is 0.329 e. The predicted octanol–water partition coefficient (Wildman–Crippen LogP) is 2.31. The molecule has 9 heteroatoms. The Hall–Kier alpha value is -4.40. The van der Waals surface area contributed by atoms with Gasteiger partial charge in [-0.05, 0) is 42.0 Å². The lowest BCUT2D eigenvalue weighted by Crippen LogP contribution is -2.34. The van der Waals surface area contributed by atoms with Crippen LogP contribution in [-0.2, 0) is 17.9 Å². The van der Waals surface area contributed by atoms with Crippen LogP contribution < -0.4 is 26.0 Å². The quantitative estimate of drug-likeness (QED) is 0.463. The van der Waals surface area contributed by atoms with E-state index in [2.05, 4.69) is 15.3 Å². The Morgan fingerprint density at radius 2 is 1.84 bits per heavy atom. The zero-order valence-electron chi connectivity index (χ0n) is 17.2. The van der Waals surface area contributed by atoms with Crippen LogP contribution in [0.4, 0.5) is 5.69 Å². The van der Waals surface area contributed by atoms with Gasteiger partial charge >= 0.3 is 5.69 Å². The molecule has 0 aliphatic carbocycles. The van der Waals surface area contributed by atoms with Crippen molar-refractivity contribution in [1.29, 1.82) is 0 Å². The molecule has 0 atom stereocenters. The first kappa shape index (κ1) is 20.9. The van der Waals surface area contributed by atoms with Gasteiger partial charge < -0.3 is 14.8 Å². The van der Waals surface area contributed by atoms with E-state index in [1.54, 1.807) is 54.9 Å². The standard InChI is InChI=1S/C23H20N4O5/c1-31-19-7-6-16(12-20(19)32-14-15-8-10-24-11-9-15)25-21(28)13-27-18-5-3-2-4-17(18)22(29)26-23(27)30/h2-12H,13-14H2,1H3,(H,25,28)(H,26,29,30). The molecule has 0 saturated carbocycles. The van der Waals surface area contributed by atoms with Gasteiger partial charge in [0.2, 0.25) is 5.91 Å². The van der Waals surface area contributed by atoms with Crippen molar-refractivity contribution in [2.75, 3.05) is 12.4 Å². The third-order valence-corrected chi connectivity index (χ3v) is 4.80. The number of nitrogens with one attached hydrogen (secondary N) is 2. The number of methoxy groups -OCH3 is 1. The van der Waals surface area contributed by atoms with E-state index in [9.17, 15) is 14.4 Å². The molecule has 0 bridgehead atoms. The maximum atomic E-state index is 12.7. The highest BCUT2D eigenvalue weighted by Crippen LogP contribution is 2.31. The van der Waals surface area contributed by atoms with Crippen LogP contribution in [-0.4, -0.2) is 27.6 Å². The molecule has 2 heterocycles. The van der Waals surface area contributed by atoms with Crippen molar-refractivity contribution in [2.24, 2.45) is 0 Å². The van der Waals surface area contributed by atoms with Gasteiger partial charge in [0.05, 0.1) is 18.0 Å². The second-order valence-corrected chi connectivity index (χ2v) is 6.92. The zero-order valence-corrected chi connectivity index (χ0v) is 17.2. The van der Waals surface area contributed by atoms with Crippen molar-refractivity contribution >= 4 is 22.5 Å². The largest absolute Gasteiger partial charge is 0.493 e. The van der Waals surface area contributed by atoms with E-state index in [1.165, 1.54) is 11.7 Å². The van der Waals surface area contributed by atoms with E-state index in [1.807, 2.05) is 12.1 Å². The summed E-state index contributed by atoms with van der Waals surface area (Å²) in [6, 6.07) is 15.3. The molecule has 0 saturated heterocycles. The molecule has 0 fully saturated rings. The van der Waals surface area contributed by atoms with Crippen LogP contribution >= 0.6 is 0 Å². The molecule has 2 N–H and O–H groups in total. The fraction of sp³-hybridized carbons (Fsp3) is 0.130. The molecule has 0 aliphatic heterocycles. The fourth-order valence-corrected chi connectivity index (χ4v) is 3.25. The Morgan fingerprint density at radius 3 is 2.62 bits per heavy atom. The van der Waals surface area contributed by atoms with Crippen LogP contribution in [0.25, 0.3) is 10.9 Å². The van der Waals surface area contributed by atoms with E-state index in [0.29, 0.717) is 34.7 Å². The van der Waals surface area contributed by atoms with Gasteiger partial charge in [-0.25, -0.2) is 4.79 Å². The molecule has 32 heavy (non-hydrogen) atoms. The number of para-hydroxylation sites is 1.